The average molecular weight is 257 g/mol. The van der Waals surface area contributed by atoms with Crippen molar-refractivity contribution in [2.24, 2.45) is 18.4 Å². The van der Waals surface area contributed by atoms with Crippen LogP contribution in [0.4, 0.5) is 0 Å². The predicted octanol–water partition coefficient (Wildman–Crippen LogP) is 2.86. The summed E-state index contributed by atoms with van der Waals surface area (Å²) in [6.45, 7) is 8.15. The van der Waals surface area contributed by atoms with Crippen molar-refractivity contribution >= 4 is 10.9 Å². The molecule has 2 nitrogen and oxygen atoms in total. The quantitative estimate of drug-likeness (QED) is 0.877. The average Bonchev–Trinajstić information content (AvgIpc) is 2.81. The van der Waals surface area contributed by atoms with Crippen molar-refractivity contribution in [1.82, 2.24) is 4.57 Å². The van der Waals surface area contributed by atoms with E-state index >= 15 is 0 Å². The number of aryl methyl sites for hydroxylation is 1. The number of quaternary nitrogens is 1. The molecule has 2 heteroatoms. The van der Waals surface area contributed by atoms with Crippen LogP contribution in [0.2, 0.25) is 0 Å². The molecule has 2 aromatic rings. The van der Waals surface area contributed by atoms with Gasteiger partial charge in [0.15, 0.2) is 0 Å². The van der Waals surface area contributed by atoms with Crippen LogP contribution >= 0.6 is 0 Å². The summed E-state index contributed by atoms with van der Waals surface area (Å²) in [6.07, 6.45) is 1.25. The lowest BCUT2D eigenvalue weighted by molar-refractivity contribution is -0.369. The van der Waals surface area contributed by atoms with Gasteiger partial charge in [-0.15, -0.1) is 0 Å². The van der Waals surface area contributed by atoms with Crippen molar-refractivity contribution in [3.05, 3.63) is 35.5 Å². The van der Waals surface area contributed by atoms with E-state index in [2.05, 4.69) is 62.4 Å². The molecule has 1 aliphatic carbocycles. The van der Waals surface area contributed by atoms with E-state index in [9.17, 15) is 0 Å². The van der Waals surface area contributed by atoms with Gasteiger partial charge in [0.2, 0.25) is 0 Å². The predicted molar refractivity (Wildman–Crippen MR) is 80.0 cm³/mol. The summed E-state index contributed by atoms with van der Waals surface area (Å²) in [6, 6.07) is 8.82. The molecule has 2 atom stereocenters. The van der Waals surface area contributed by atoms with Gasteiger partial charge >= 0.3 is 0 Å². The van der Waals surface area contributed by atoms with Crippen molar-refractivity contribution in [2.75, 3.05) is 6.54 Å². The molecule has 0 unspecified atom stereocenters. The minimum absolute atomic E-state index is 0.437. The number of rotatable bonds is 3. The van der Waals surface area contributed by atoms with Crippen molar-refractivity contribution in [3.8, 4) is 0 Å². The standard InChI is InChI=1S/C17H24N2/c1-11-15(16-13(9-10-18)17(16,2)3)12-7-5-6-8-14(12)19(11)4/h5-8,13,16H,9-10,18H2,1-4H3/p+1/t13-,16-/m0/s1. The highest BCUT2D eigenvalue weighted by atomic mass is 15.0. The zero-order valence-electron chi connectivity index (χ0n) is 12.5. The fraction of sp³-hybridized carbons (Fsp3) is 0.529. The summed E-state index contributed by atoms with van der Waals surface area (Å²) in [5.41, 5.74) is 8.87. The molecule has 1 aromatic carbocycles. The van der Waals surface area contributed by atoms with Crippen molar-refractivity contribution < 1.29 is 5.73 Å². The molecule has 0 amide bonds. The van der Waals surface area contributed by atoms with E-state index in [0.29, 0.717) is 11.3 Å². The van der Waals surface area contributed by atoms with E-state index in [1.165, 1.54) is 23.0 Å². The largest absolute Gasteiger partial charge is 0.358 e. The number of hydrogen-bond donors (Lipinski definition) is 1. The SMILES string of the molecule is Cc1c([C@@H]2[C@H](CC[NH3+])C2(C)C)c2ccccc2n1C. The Morgan fingerprint density at radius 3 is 2.63 bits per heavy atom. The molecule has 0 bridgehead atoms. The Hall–Kier alpha value is -1.28. The summed E-state index contributed by atoms with van der Waals surface area (Å²) in [7, 11) is 2.19. The molecule has 1 aliphatic rings. The summed E-state index contributed by atoms with van der Waals surface area (Å²) >= 11 is 0. The first-order valence-corrected chi connectivity index (χ1v) is 7.33. The van der Waals surface area contributed by atoms with E-state index in [1.807, 2.05) is 0 Å². The monoisotopic (exact) mass is 257 g/mol. The van der Waals surface area contributed by atoms with Gasteiger partial charge in [0.25, 0.3) is 0 Å². The van der Waals surface area contributed by atoms with Crippen molar-refractivity contribution in [2.45, 2.75) is 33.1 Å². The zero-order valence-corrected chi connectivity index (χ0v) is 12.5. The van der Waals surface area contributed by atoms with Crippen LogP contribution in [-0.2, 0) is 7.05 Å². The van der Waals surface area contributed by atoms with Gasteiger partial charge in [0, 0.05) is 30.1 Å². The molecule has 0 saturated heterocycles. The number of nitrogens with zero attached hydrogens (tertiary/aromatic N) is 1. The van der Waals surface area contributed by atoms with Gasteiger partial charge in [-0.1, -0.05) is 32.0 Å². The lowest BCUT2D eigenvalue weighted by atomic mass is 10.0. The topological polar surface area (TPSA) is 32.6 Å². The van der Waals surface area contributed by atoms with Gasteiger partial charge in [-0.3, -0.25) is 0 Å². The summed E-state index contributed by atoms with van der Waals surface area (Å²) in [4.78, 5) is 0. The fourth-order valence-electron chi connectivity index (χ4n) is 4.02. The van der Waals surface area contributed by atoms with Crippen LogP contribution < -0.4 is 5.73 Å². The number of hydrogen-bond acceptors (Lipinski definition) is 0. The second kappa shape index (κ2) is 4.11. The Morgan fingerprint density at radius 2 is 1.95 bits per heavy atom. The van der Waals surface area contributed by atoms with Crippen LogP contribution in [-0.4, -0.2) is 11.1 Å². The third-order valence-electron chi connectivity index (χ3n) is 5.33. The van der Waals surface area contributed by atoms with Gasteiger partial charge in [-0.25, -0.2) is 0 Å². The minimum atomic E-state index is 0.437. The lowest BCUT2D eigenvalue weighted by Gasteiger charge is -2.04. The maximum Gasteiger partial charge on any atom is 0.0742 e. The molecule has 3 rings (SSSR count). The normalized spacial score (nSPS) is 24.9. The highest BCUT2D eigenvalue weighted by Gasteiger charge is 2.58. The molecule has 0 radical (unpaired) electrons. The molecule has 0 spiro atoms. The number of aromatic nitrogens is 1. The second-order valence-electron chi connectivity index (χ2n) is 6.62. The summed E-state index contributed by atoms with van der Waals surface area (Å²) in [5.74, 6) is 1.51. The van der Waals surface area contributed by atoms with Gasteiger partial charge in [-0.05, 0) is 35.8 Å². The molecular formula is C17H25N2+. The van der Waals surface area contributed by atoms with E-state index in [4.69, 9.17) is 0 Å². The molecule has 0 aliphatic heterocycles. The highest BCUT2D eigenvalue weighted by molar-refractivity contribution is 5.86. The molecule has 1 fully saturated rings. The van der Waals surface area contributed by atoms with E-state index in [1.54, 1.807) is 5.56 Å². The van der Waals surface area contributed by atoms with E-state index < -0.39 is 0 Å². The Balaban J connectivity index is 2.14. The second-order valence-corrected chi connectivity index (χ2v) is 6.62. The van der Waals surface area contributed by atoms with E-state index in [0.717, 1.165) is 12.5 Å². The molecular weight excluding hydrogens is 232 g/mol. The molecule has 1 saturated carbocycles. The molecule has 1 aromatic heterocycles. The third kappa shape index (κ3) is 1.66. The van der Waals surface area contributed by atoms with Crippen molar-refractivity contribution in [1.29, 1.82) is 0 Å². The van der Waals surface area contributed by atoms with Crippen LogP contribution in [0.15, 0.2) is 24.3 Å². The molecule has 102 valence electrons. The van der Waals surface area contributed by atoms with Crippen LogP contribution in [0.5, 0.6) is 0 Å². The van der Waals surface area contributed by atoms with Crippen LogP contribution in [0.3, 0.4) is 0 Å². The smallest absolute Gasteiger partial charge is 0.0742 e. The molecule has 3 N–H and O–H groups in total. The van der Waals surface area contributed by atoms with E-state index in [-0.39, 0.29) is 0 Å². The maximum absolute atomic E-state index is 4.04. The van der Waals surface area contributed by atoms with Crippen LogP contribution in [0, 0.1) is 18.3 Å². The zero-order chi connectivity index (χ0) is 13.8. The fourth-order valence-corrected chi connectivity index (χ4v) is 4.02. The van der Waals surface area contributed by atoms with Gasteiger partial charge in [-0.2, -0.15) is 0 Å². The first kappa shape index (κ1) is 12.7. The summed E-state index contributed by atoms with van der Waals surface area (Å²) < 4.78 is 2.35. The first-order valence-electron chi connectivity index (χ1n) is 7.33. The van der Waals surface area contributed by atoms with Gasteiger partial charge < -0.3 is 10.3 Å². The summed E-state index contributed by atoms with van der Waals surface area (Å²) in [5, 5.41) is 1.45. The number of para-hydroxylation sites is 1. The minimum Gasteiger partial charge on any atom is -0.358 e. The Labute approximate surface area is 115 Å². The number of fused-ring (bicyclic) bond motifs is 1. The number of benzene rings is 1. The van der Waals surface area contributed by atoms with Crippen LogP contribution in [0.1, 0.15) is 37.4 Å². The first-order chi connectivity index (χ1) is 9.00. The van der Waals surface area contributed by atoms with Gasteiger partial charge in [0.05, 0.1) is 6.54 Å². The Bertz CT molecular complexity index is 621. The van der Waals surface area contributed by atoms with Crippen LogP contribution in [0.25, 0.3) is 10.9 Å². The highest BCUT2D eigenvalue weighted by Crippen LogP contribution is 2.67. The third-order valence-corrected chi connectivity index (χ3v) is 5.33. The Morgan fingerprint density at radius 1 is 1.26 bits per heavy atom. The lowest BCUT2D eigenvalue weighted by Crippen LogP contribution is -2.50. The molecule has 1 heterocycles. The Kier molecular flexibility index (Phi) is 2.75. The maximum atomic E-state index is 4.04. The van der Waals surface area contributed by atoms with Gasteiger partial charge in [0.1, 0.15) is 0 Å². The van der Waals surface area contributed by atoms with Crippen molar-refractivity contribution in [3.63, 3.8) is 0 Å². The molecule has 19 heavy (non-hydrogen) atoms.